The van der Waals surface area contributed by atoms with Crippen LogP contribution in [0.4, 0.5) is 8.78 Å². The first kappa shape index (κ1) is 15.9. The first-order chi connectivity index (χ1) is 11.1. The van der Waals surface area contributed by atoms with E-state index in [1.165, 1.54) is 24.3 Å². The fourth-order valence-corrected chi connectivity index (χ4v) is 3.28. The topological polar surface area (TPSA) is 20.3 Å². The van der Waals surface area contributed by atoms with Crippen molar-refractivity contribution in [1.29, 1.82) is 0 Å². The lowest BCUT2D eigenvalue weighted by molar-refractivity contribution is -0.131. The van der Waals surface area contributed by atoms with E-state index >= 15 is 0 Å². The molecule has 23 heavy (non-hydrogen) atoms. The zero-order valence-electron chi connectivity index (χ0n) is 12.4. The Morgan fingerprint density at radius 1 is 1.17 bits per heavy atom. The molecule has 1 aliphatic rings. The van der Waals surface area contributed by atoms with E-state index in [0.717, 1.165) is 18.4 Å². The normalized spacial score (nSPS) is 17.5. The summed E-state index contributed by atoms with van der Waals surface area (Å²) < 4.78 is 26.9. The van der Waals surface area contributed by atoms with Crippen LogP contribution in [-0.4, -0.2) is 17.4 Å². The molecule has 0 aromatic heterocycles. The van der Waals surface area contributed by atoms with Crippen LogP contribution in [0.15, 0.2) is 42.5 Å². The largest absolute Gasteiger partial charge is 0.335 e. The number of carbonyl (C=O) groups excluding carboxylic acids is 1. The summed E-state index contributed by atoms with van der Waals surface area (Å²) in [5.74, 6) is -0.935. The molecular formula is C18H16ClF2NO. The standard InChI is InChI=1S/C18H16ClF2NO/c19-15-3-1-4-16(21)14(15)11-18(23)22-10-2-5-17(22)12-6-8-13(20)9-7-12/h1,3-4,6-9,17H,2,5,10-11H2. The lowest BCUT2D eigenvalue weighted by atomic mass is 10.0. The third-order valence-electron chi connectivity index (χ3n) is 4.22. The molecule has 5 heteroatoms. The summed E-state index contributed by atoms with van der Waals surface area (Å²) >= 11 is 6.00. The highest BCUT2D eigenvalue weighted by molar-refractivity contribution is 6.31. The average molecular weight is 336 g/mol. The minimum absolute atomic E-state index is 0.0663. The molecule has 120 valence electrons. The molecule has 1 atom stereocenters. The molecule has 2 aromatic rings. The molecule has 2 nitrogen and oxygen atoms in total. The summed E-state index contributed by atoms with van der Waals surface area (Å²) in [5.41, 5.74) is 1.13. The summed E-state index contributed by atoms with van der Waals surface area (Å²) in [6, 6.07) is 10.5. The van der Waals surface area contributed by atoms with Crippen molar-refractivity contribution in [2.24, 2.45) is 0 Å². The van der Waals surface area contributed by atoms with Gasteiger partial charge in [0.25, 0.3) is 0 Å². The van der Waals surface area contributed by atoms with Gasteiger partial charge in [-0.15, -0.1) is 0 Å². The summed E-state index contributed by atoms with van der Waals surface area (Å²) in [4.78, 5) is 14.3. The predicted octanol–water partition coefficient (Wildman–Crippen LogP) is 4.52. The second-order valence-corrected chi connectivity index (χ2v) is 6.08. The molecule has 1 unspecified atom stereocenters. The van der Waals surface area contributed by atoms with Gasteiger partial charge in [-0.2, -0.15) is 0 Å². The monoisotopic (exact) mass is 335 g/mol. The fraction of sp³-hybridized carbons (Fsp3) is 0.278. The molecule has 1 aliphatic heterocycles. The third kappa shape index (κ3) is 3.37. The van der Waals surface area contributed by atoms with Crippen molar-refractivity contribution >= 4 is 17.5 Å². The van der Waals surface area contributed by atoms with Crippen LogP contribution in [0.25, 0.3) is 0 Å². The van der Waals surface area contributed by atoms with Gasteiger partial charge in [0.15, 0.2) is 0 Å². The number of hydrogen-bond donors (Lipinski definition) is 0. The average Bonchev–Trinajstić information content (AvgIpc) is 3.01. The Bertz CT molecular complexity index is 697. The summed E-state index contributed by atoms with van der Waals surface area (Å²) in [6.45, 7) is 0.618. The smallest absolute Gasteiger partial charge is 0.227 e. The molecular weight excluding hydrogens is 320 g/mol. The van der Waals surface area contributed by atoms with Crippen molar-refractivity contribution in [3.8, 4) is 0 Å². The molecule has 1 saturated heterocycles. The van der Waals surface area contributed by atoms with Gasteiger partial charge in [-0.3, -0.25) is 4.79 Å². The number of hydrogen-bond acceptors (Lipinski definition) is 1. The van der Waals surface area contributed by atoms with Crippen LogP contribution in [0.2, 0.25) is 5.02 Å². The van der Waals surface area contributed by atoms with E-state index in [2.05, 4.69) is 0 Å². The Morgan fingerprint density at radius 2 is 1.91 bits per heavy atom. The van der Waals surface area contributed by atoms with E-state index < -0.39 is 5.82 Å². The maximum atomic E-state index is 13.9. The van der Waals surface area contributed by atoms with Gasteiger partial charge in [0, 0.05) is 17.1 Å². The Labute approximate surface area is 138 Å². The molecule has 0 bridgehead atoms. The SMILES string of the molecule is O=C(Cc1c(F)cccc1Cl)N1CCCC1c1ccc(F)cc1. The summed E-state index contributed by atoms with van der Waals surface area (Å²) in [7, 11) is 0. The molecule has 2 aromatic carbocycles. The third-order valence-corrected chi connectivity index (χ3v) is 4.57. The van der Waals surface area contributed by atoms with Crippen molar-refractivity contribution < 1.29 is 13.6 Å². The number of carbonyl (C=O) groups is 1. The van der Waals surface area contributed by atoms with Crippen LogP contribution in [0, 0.1) is 11.6 Å². The quantitative estimate of drug-likeness (QED) is 0.807. The second-order valence-electron chi connectivity index (χ2n) is 5.67. The zero-order chi connectivity index (χ0) is 16.4. The van der Waals surface area contributed by atoms with Gasteiger partial charge in [-0.05, 0) is 42.7 Å². The number of halogens is 3. The first-order valence-corrected chi connectivity index (χ1v) is 7.92. The van der Waals surface area contributed by atoms with Crippen molar-refractivity contribution in [2.75, 3.05) is 6.54 Å². The lowest BCUT2D eigenvalue weighted by Gasteiger charge is -2.25. The first-order valence-electron chi connectivity index (χ1n) is 7.54. The van der Waals surface area contributed by atoms with E-state index in [4.69, 9.17) is 11.6 Å². The predicted molar refractivity (Wildman–Crippen MR) is 85.2 cm³/mol. The molecule has 1 fully saturated rings. The van der Waals surface area contributed by atoms with E-state index in [-0.39, 0.29) is 34.8 Å². The van der Waals surface area contributed by atoms with E-state index in [9.17, 15) is 13.6 Å². The Kier molecular flexibility index (Phi) is 4.62. The van der Waals surface area contributed by atoms with Crippen LogP contribution in [-0.2, 0) is 11.2 Å². The van der Waals surface area contributed by atoms with Crippen molar-refractivity contribution in [3.05, 3.63) is 70.2 Å². The van der Waals surface area contributed by atoms with Crippen LogP contribution >= 0.6 is 11.6 Å². The molecule has 1 amide bonds. The van der Waals surface area contributed by atoms with Crippen LogP contribution in [0.1, 0.15) is 30.0 Å². The van der Waals surface area contributed by atoms with Gasteiger partial charge in [0.1, 0.15) is 11.6 Å². The van der Waals surface area contributed by atoms with Gasteiger partial charge in [-0.1, -0.05) is 29.8 Å². The Hall–Kier alpha value is -1.94. The van der Waals surface area contributed by atoms with Crippen molar-refractivity contribution in [3.63, 3.8) is 0 Å². The molecule has 0 spiro atoms. The minimum Gasteiger partial charge on any atom is -0.335 e. The highest BCUT2D eigenvalue weighted by atomic mass is 35.5. The minimum atomic E-state index is -0.469. The Morgan fingerprint density at radius 3 is 2.61 bits per heavy atom. The molecule has 0 N–H and O–H groups in total. The van der Waals surface area contributed by atoms with E-state index in [1.54, 1.807) is 23.1 Å². The molecule has 0 aliphatic carbocycles. The maximum absolute atomic E-state index is 13.9. The molecule has 3 rings (SSSR count). The highest BCUT2D eigenvalue weighted by Gasteiger charge is 2.30. The van der Waals surface area contributed by atoms with Crippen LogP contribution in [0.5, 0.6) is 0 Å². The van der Waals surface area contributed by atoms with Gasteiger partial charge in [-0.25, -0.2) is 8.78 Å². The zero-order valence-corrected chi connectivity index (χ0v) is 13.2. The van der Waals surface area contributed by atoms with Crippen molar-refractivity contribution in [2.45, 2.75) is 25.3 Å². The van der Waals surface area contributed by atoms with Gasteiger partial charge in [0.05, 0.1) is 12.5 Å². The molecule has 0 radical (unpaired) electrons. The van der Waals surface area contributed by atoms with Crippen molar-refractivity contribution in [1.82, 2.24) is 4.90 Å². The number of likely N-dealkylation sites (tertiary alicyclic amines) is 1. The highest BCUT2D eigenvalue weighted by Crippen LogP contribution is 2.33. The number of nitrogens with zero attached hydrogens (tertiary/aromatic N) is 1. The summed E-state index contributed by atoms with van der Waals surface area (Å²) in [5, 5.41) is 0.260. The maximum Gasteiger partial charge on any atom is 0.227 e. The lowest BCUT2D eigenvalue weighted by Crippen LogP contribution is -2.32. The summed E-state index contributed by atoms with van der Waals surface area (Å²) in [6.07, 6.45) is 1.63. The van der Waals surface area contributed by atoms with Crippen LogP contribution in [0.3, 0.4) is 0 Å². The van der Waals surface area contributed by atoms with Gasteiger partial charge in [0.2, 0.25) is 5.91 Å². The fourth-order valence-electron chi connectivity index (χ4n) is 3.05. The molecule has 0 saturated carbocycles. The molecule has 1 heterocycles. The van der Waals surface area contributed by atoms with Crippen LogP contribution < -0.4 is 0 Å². The second kappa shape index (κ2) is 6.67. The Balaban J connectivity index is 1.80. The number of rotatable bonds is 3. The number of amides is 1. The van der Waals surface area contributed by atoms with E-state index in [1.807, 2.05) is 0 Å². The van der Waals surface area contributed by atoms with Gasteiger partial charge < -0.3 is 4.90 Å². The van der Waals surface area contributed by atoms with Gasteiger partial charge >= 0.3 is 0 Å². The van der Waals surface area contributed by atoms with E-state index in [0.29, 0.717) is 6.54 Å². The number of benzene rings is 2.